The molecule has 126 valence electrons. The Kier molecular flexibility index (Phi) is 4.58. The maximum Gasteiger partial charge on any atom is 0.243 e. The predicted molar refractivity (Wildman–Crippen MR) is 88.1 cm³/mol. The van der Waals surface area contributed by atoms with Gasteiger partial charge in [0.2, 0.25) is 10.0 Å². The molecule has 0 aromatic heterocycles. The molecule has 1 spiro atoms. The van der Waals surface area contributed by atoms with Crippen molar-refractivity contribution in [1.82, 2.24) is 9.21 Å². The van der Waals surface area contributed by atoms with Crippen molar-refractivity contribution in [1.29, 1.82) is 0 Å². The summed E-state index contributed by atoms with van der Waals surface area (Å²) in [5, 5.41) is 0. The van der Waals surface area contributed by atoms with Crippen molar-refractivity contribution in [2.24, 2.45) is 0 Å². The lowest BCUT2D eigenvalue weighted by atomic mass is 9.87. The number of likely N-dealkylation sites (tertiary alicyclic amines) is 1. The monoisotopic (exact) mass is 338 g/mol. The molecule has 2 saturated heterocycles. The van der Waals surface area contributed by atoms with Crippen LogP contribution in [0.2, 0.25) is 0 Å². The highest BCUT2D eigenvalue weighted by Gasteiger charge is 2.45. The van der Waals surface area contributed by atoms with E-state index in [1.807, 2.05) is 6.08 Å². The Morgan fingerprint density at radius 1 is 1.26 bits per heavy atom. The van der Waals surface area contributed by atoms with Gasteiger partial charge in [0, 0.05) is 25.2 Å². The van der Waals surface area contributed by atoms with Gasteiger partial charge in [-0.05, 0) is 50.4 Å². The average molecular weight is 338 g/mol. The summed E-state index contributed by atoms with van der Waals surface area (Å²) in [6.07, 6.45) is 5.82. The Labute approximate surface area is 137 Å². The molecule has 2 fully saturated rings. The van der Waals surface area contributed by atoms with Crippen molar-refractivity contribution < 1.29 is 12.8 Å². The lowest BCUT2D eigenvalue weighted by Crippen LogP contribution is -2.56. The minimum atomic E-state index is -3.65. The second-order valence-electron chi connectivity index (χ2n) is 6.46. The van der Waals surface area contributed by atoms with Crippen LogP contribution in [0.25, 0.3) is 0 Å². The van der Waals surface area contributed by atoms with Crippen LogP contribution in [0.4, 0.5) is 4.39 Å². The van der Waals surface area contributed by atoms with Crippen molar-refractivity contribution in [2.75, 3.05) is 26.2 Å². The summed E-state index contributed by atoms with van der Waals surface area (Å²) in [6, 6.07) is 5.28. The molecule has 6 heteroatoms. The number of piperidine rings is 1. The molecule has 1 aromatic rings. The first kappa shape index (κ1) is 16.6. The Bertz CT molecular complexity index is 692. The van der Waals surface area contributed by atoms with E-state index in [1.165, 1.54) is 22.5 Å². The van der Waals surface area contributed by atoms with Gasteiger partial charge in [0.25, 0.3) is 0 Å². The lowest BCUT2D eigenvalue weighted by Gasteiger charge is -2.45. The van der Waals surface area contributed by atoms with Gasteiger partial charge in [-0.1, -0.05) is 12.1 Å². The van der Waals surface area contributed by atoms with E-state index in [1.54, 1.807) is 0 Å². The second-order valence-corrected chi connectivity index (χ2v) is 8.40. The molecule has 0 saturated carbocycles. The van der Waals surface area contributed by atoms with Crippen LogP contribution in [-0.4, -0.2) is 49.3 Å². The molecule has 0 unspecified atom stereocenters. The van der Waals surface area contributed by atoms with E-state index < -0.39 is 15.8 Å². The highest BCUT2D eigenvalue weighted by atomic mass is 32.2. The minimum Gasteiger partial charge on any atom is -0.293 e. The van der Waals surface area contributed by atoms with Crippen LogP contribution in [0.5, 0.6) is 0 Å². The first-order chi connectivity index (χ1) is 11.0. The topological polar surface area (TPSA) is 40.6 Å². The summed E-state index contributed by atoms with van der Waals surface area (Å²) in [6.45, 7) is 6.57. The molecule has 23 heavy (non-hydrogen) atoms. The Morgan fingerprint density at radius 2 is 2.00 bits per heavy atom. The van der Waals surface area contributed by atoms with Crippen LogP contribution in [0.3, 0.4) is 0 Å². The molecule has 2 aliphatic rings. The molecule has 4 nitrogen and oxygen atoms in total. The molecule has 0 radical (unpaired) electrons. The Balaban J connectivity index is 1.87. The van der Waals surface area contributed by atoms with Gasteiger partial charge >= 0.3 is 0 Å². The summed E-state index contributed by atoms with van der Waals surface area (Å²) in [5.74, 6) is -0.521. The van der Waals surface area contributed by atoms with Crippen molar-refractivity contribution in [3.63, 3.8) is 0 Å². The molecule has 2 aliphatic heterocycles. The number of sulfonamides is 1. The van der Waals surface area contributed by atoms with E-state index >= 15 is 0 Å². The third kappa shape index (κ3) is 3.07. The fraction of sp³-hybridized carbons (Fsp3) is 0.529. The van der Waals surface area contributed by atoms with Crippen molar-refractivity contribution >= 4 is 10.0 Å². The highest BCUT2D eigenvalue weighted by molar-refractivity contribution is 7.89. The zero-order valence-corrected chi connectivity index (χ0v) is 14.1. The van der Waals surface area contributed by atoms with Gasteiger partial charge in [-0.15, -0.1) is 6.58 Å². The maximum atomic E-state index is 13.4. The smallest absolute Gasteiger partial charge is 0.243 e. The number of rotatable bonds is 4. The predicted octanol–water partition coefficient (Wildman–Crippen LogP) is 2.63. The molecule has 0 bridgehead atoms. The quantitative estimate of drug-likeness (QED) is 0.793. The number of nitrogens with zero attached hydrogens (tertiary/aromatic N) is 2. The zero-order chi connectivity index (χ0) is 16.5. The van der Waals surface area contributed by atoms with Crippen molar-refractivity contribution in [3.8, 4) is 0 Å². The van der Waals surface area contributed by atoms with Crippen LogP contribution in [0, 0.1) is 5.82 Å². The fourth-order valence-electron chi connectivity index (χ4n) is 3.95. The van der Waals surface area contributed by atoms with Crippen LogP contribution in [0.1, 0.15) is 25.7 Å². The summed E-state index contributed by atoms with van der Waals surface area (Å²) >= 11 is 0. The molecular formula is C17H23FN2O2S. The van der Waals surface area contributed by atoms with E-state index in [-0.39, 0.29) is 10.4 Å². The molecule has 0 amide bonds. The molecular weight excluding hydrogens is 315 g/mol. The second kappa shape index (κ2) is 6.34. The zero-order valence-electron chi connectivity index (χ0n) is 13.2. The molecule has 2 heterocycles. The first-order valence-electron chi connectivity index (χ1n) is 8.10. The number of benzene rings is 1. The van der Waals surface area contributed by atoms with Gasteiger partial charge in [0.1, 0.15) is 5.82 Å². The molecule has 0 aliphatic carbocycles. The summed E-state index contributed by atoms with van der Waals surface area (Å²) < 4.78 is 40.7. The summed E-state index contributed by atoms with van der Waals surface area (Å²) in [7, 11) is -3.65. The number of halogens is 1. The first-order valence-corrected chi connectivity index (χ1v) is 9.54. The summed E-state index contributed by atoms with van der Waals surface area (Å²) in [4.78, 5) is 2.40. The lowest BCUT2D eigenvalue weighted by molar-refractivity contribution is 0.0841. The minimum absolute atomic E-state index is 0.0443. The van der Waals surface area contributed by atoms with Gasteiger partial charge in [-0.25, -0.2) is 12.8 Å². The van der Waals surface area contributed by atoms with E-state index in [2.05, 4.69) is 11.5 Å². The average Bonchev–Trinajstić information content (AvgIpc) is 2.90. The normalized spacial score (nSPS) is 26.7. The van der Waals surface area contributed by atoms with E-state index in [4.69, 9.17) is 0 Å². The molecule has 3 rings (SSSR count). The van der Waals surface area contributed by atoms with Gasteiger partial charge in [0.05, 0.1) is 4.90 Å². The molecule has 1 atom stereocenters. The fourth-order valence-corrected chi connectivity index (χ4v) is 5.54. The Hall–Kier alpha value is -1.24. The van der Waals surface area contributed by atoms with E-state index in [9.17, 15) is 12.8 Å². The van der Waals surface area contributed by atoms with E-state index in [0.717, 1.165) is 44.8 Å². The van der Waals surface area contributed by atoms with Gasteiger partial charge in [-0.3, -0.25) is 4.90 Å². The van der Waals surface area contributed by atoms with Crippen LogP contribution < -0.4 is 0 Å². The summed E-state index contributed by atoms with van der Waals surface area (Å²) in [5.41, 5.74) is -0.0904. The molecule has 0 N–H and O–H groups in total. The van der Waals surface area contributed by atoms with Crippen LogP contribution in [0.15, 0.2) is 41.8 Å². The van der Waals surface area contributed by atoms with Gasteiger partial charge in [-0.2, -0.15) is 4.31 Å². The third-order valence-electron chi connectivity index (χ3n) is 5.04. The largest absolute Gasteiger partial charge is 0.293 e. The third-order valence-corrected chi connectivity index (χ3v) is 6.89. The Morgan fingerprint density at radius 3 is 2.70 bits per heavy atom. The van der Waals surface area contributed by atoms with Crippen molar-refractivity contribution in [2.45, 2.75) is 36.1 Å². The standard InChI is InChI=1S/C17H23FN2O2S/c1-2-10-19-11-4-8-17(19)9-5-12-20(14-17)23(21,22)16-7-3-6-15(18)13-16/h2-3,6-7,13H,1,4-5,8-12,14H2/t17-/m1/s1. The van der Waals surface area contributed by atoms with Crippen molar-refractivity contribution in [3.05, 3.63) is 42.7 Å². The van der Waals surface area contributed by atoms with Crippen LogP contribution in [-0.2, 0) is 10.0 Å². The highest BCUT2D eigenvalue weighted by Crippen LogP contribution is 2.38. The van der Waals surface area contributed by atoms with Gasteiger partial charge in [0.15, 0.2) is 0 Å². The molecule has 1 aromatic carbocycles. The van der Waals surface area contributed by atoms with Gasteiger partial charge < -0.3 is 0 Å². The van der Waals surface area contributed by atoms with E-state index in [0.29, 0.717) is 13.1 Å². The number of hydrogen-bond donors (Lipinski definition) is 0. The van der Waals surface area contributed by atoms with Crippen LogP contribution >= 0.6 is 0 Å². The maximum absolute atomic E-state index is 13.4. The number of hydrogen-bond acceptors (Lipinski definition) is 3. The SMILES string of the molecule is C=CCN1CCC[C@]12CCCN(S(=O)(=O)c1cccc(F)c1)C2.